The van der Waals surface area contributed by atoms with Crippen LogP contribution >= 0.6 is 11.3 Å². The van der Waals surface area contributed by atoms with E-state index < -0.39 is 5.97 Å². The molecule has 2 rings (SSSR count). The summed E-state index contributed by atoms with van der Waals surface area (Å²) < 4.78 is 0. The van der Waals surface area contributed by atoms with E-state index in [1.54, 1.807) is 0 Å². The standard InChI is InChI=1S/C14H16N2O2S/c1-10-3-2-4-11(16-10)8-15-9-13-6-5-12(19-13)7-14(17)18/h2-6,15H,7-9H2,1H3,(H,17,18). The molecule has 0 saturated carbocycles. The van der Waals surface area contributed by atoms with Crippen molar-refractivity contribution in [3.8, 4) is 0 Å². The molecule has 0 spiro atoms. The van der Waals surface area contributed by atoms with Gasteiger partial charge >= 0.3 is 5.97 Å². The minimum atomic E-state index is -0.787. The summed E-state index contributed by atoms with van der Waals surface area (Å²) in [4.78, 5) is 17.0. The van der Waals surface area contributed by atoms with Crippen LogP contribution in [0, 0.1) is 6.92 Å². The topological polar surface area (TPSA) is 62.2 Å². The fourth-order valence-corrected chi connectivity index (χ4v) is 2.75. The molecule has 0 fully saturated rings. The number of hydrogen-bond donors (Lipinski definition) is 2. The Balaban J connectivity index is 1.82. The van der Waals surface area contributed by atoms with Crippen LogP contribution in [-0.2, 0) is 24.3 Å². The number of pyridine rings is 1. The monoisotopic (exact) mass is 276 g/mol. The van der Waals surface area contributed by atoms with Crippen molar-refractivity contribution in [1.82, 2.24) is 10.3 Å². The molecule has 0 aromatic carbocycles. The van der Waals surface area contributed by atoms with Crippen LogP contribution in [0.5, 0.6) is 0 Å². The molecule has 0 aliphatic rings. The average Bonchev–Trinajstić information content (AvgIpc) is 2.76. The minimum absolute atomic E-state index is 0.101. The Kier molecular flexibility index (Phi) is 4.65. The smallest absolute Gasteiger partial charge is 0.308 e. The molecular weight excluding hydrogens is 260 g/mol. The van der Waals surface area contributed by atoms with Gasteiger partial charge in [-0.1, -0.05) is 6.07 Å². The minimum Gasteiger partial charge on any atom is -0.481 e. The highest BCUT2D eigenvalue weighted by molar-refractivity contribution is 7.12. The third-order valence-electron chi connectivity index (χ3n) is 2.59. The maximum absolute atomic E-state index is 10.6. The number of carbonyl (C=O) groups is 1. The lowest BCUT2D eigenvalue weighted by Gasteiger charge is -2.03. The molecule has 2 aromatic heterocycles. The Morgan fingerprint density at radius 1 is 1.26 bits per heavy atom. The van der Waals surface area contributed by atoms with Crippen molar-refractivity contribution in [2.75, 3.05) is 0 Å². The molecule has 19 heavy (non-hydrogen) atoms. The summed E-state index contributed by atoms with van der Waals surface area (Å²) >= 11 is 1.54. The van der Waals surface area contributed by atoms with E-state index in [9.17, 15) is 4.79 Å². The molecule has 0 aliphatic heterocycles. The normalized spacial score (nSPS) is 10.6. The van der Waals surface area contributed by atoms with Gasteiger partial charge in [-0.2, -0.15) is 0 Å². The maximum Gasteiger partial charge on any atom is 0.308 e. The van der Waals surface area contributed by atoms with Gasteiger partial charge in [0.25, 0.3) is 0 Å². The number of nitrogens with zero attached hydrogens (tertiary/aromatic N) is 1. The fourth-order valence-electron chi connectivity index (χ4n) is 1.77. The lowest BCUT2D eigenvalue weighted by Crippen LogP contribution is -2.13. The molecule has 0 unspecified atom stereocenters. The van der Waals surface area contributed by atoms with E-state index >= 15 is 0 Å². The van der Waals surface area contributed by atoms with Crippen LogP contribution in [0.2, 0.25) is 0 Å². The molecule has 0 bridgehead atoms. The highest BCUT2D eigenvalue weighted by Crippen LogP contribution is 2.16. The van der Waals surface area contributed by atoms with Crippen LogP contribution in [0.15, 0.2) is 30.3 Å². The van der Waals surface area contributed by atoms with Gasteiger partial charge in [0.05, 0.1) is 12.1 Å². The van der Waals surface area contributed by atoms with E-state index in [0.717, 1.165) is 27.7 Å². The van der Waals surface area contributed by atoms with Gasteiger partial charge in [-0.3, -0.25) is 9.78 Å². The van der Waals surface area contributed by atoms with Crippen molar-refractivity contribution in [2.45, 2.75) is 26.4 Å². The van der Waals surface area contributed by atoms with E-state index in [2.05, 4.69) is 10.3 Å². The zero-order valence-electron chi connectivity index (χ0n) is 10.7. The van der Waals surface area contributed by atoms with Gasteiger partial charge in [0.15, 0.2) is 0 Å². The third kappa shape index (κ3) is 4.46. The van der Waals surface area contributed by atoms with E-state index in [1.807, 2.05) is 37.3 Å². The average molecular weight is 276 g/mol. The number of hydrogen-bond acceptors (Lipinski definition) is 4. The van der Waals surface area contributed by atoms with Crippen molar-refractivity contribution in [3.05, 3.63) is 51.5 Å². The Bertz CT molecular complexity index is 566. The van der Waals surface area contributed by atoms with Crippen LogP contribution in [0.1, 0.15) is 21.1 Å². The molecule has 0 radical (unpaired) electrons. The van der Waals surface area contributed by atoms with E-state index in [1.165, 1.54) is 11.3 Å². The zero-order chi connectivity index (χ0) is 13.7. The summed E-state index contributed by atoms with van der Waals surface area (Å²) in [6, 6.07) is 9.81. The summed E-state index contributed by atoms with van der Waals surface area (Å²) in [6.45, 7) is 3.43. The molecule has 0 atom stereocenters. The van der Waals surface area contributed by atoms with E-state index in [-0.39, 0.29) is 6.42 Å². The number of aryl methyl sites for hydroxylation is 1. The quantitative estimate of drug-likeness (QED) is 0.850. The van der Waals surface area contributed by atoms with Gasteiger partial charge < -0.3 is 10.4 Å². The van der Waals surface area contributed by atoms with Crippen molar-refractivity contribution in [3.63, 3.8) is 0 Å². The molecule has 2 aromatic rings. The second-order valence-electron chi connectivity index (χ2n) is 4.31. The Morgan fingerprint density at radius 2 is 2.05 bits per heavy atom. The first-order valence-corrected chi connectivity index (χ1v) is 6.88. The Hall–Kier alpha value is -1.72. The molecule has 0 amide bonds. The highest BCUT2D eigenvalue weighted by atomic mass is 32.1. The summed E-state index contributed by atoms with van der Waals surface area (Å²) in [5.74, 6) is -0.787. The van der Waals surface area contributed by atoms with Crippen LogP contribution in [-0.4, -0.2) is 16.1 Å². The summed E-state index contributed by atoms with van der Waals surface area (Å²) in [5, 5.41) is 12.0. The number of aliphatic carboxylic acids is 1. The molecule has 100 valence electrons. The molecule has 4 nitrogen and oxygen atoms in total. The Labute approximate surface area is 116 Å². The van der Waals surface area contributed by atoms with Crippen LogP contribution in [0.3, 0.4) is 0 Å². The highest BCUT2D eigenvalue weighted by Gasteiger charge is 2.04. The Morgan fingerprint density at radius 3 is 2.79 bits per heavy atom. The molecule has 0 aliphatic carbocycles. The number of aromatic nitrogens is 1. The van der Waals surface area contributed by atoms with Crippen LogP contribution in [0.4, 0.5) is 0 Å². The first kappa shape index (κ1) is 13.7. The van der Waals surface area contributed by atoms with Crippen LogP contribution in [0.25, 0.3) is 0 Å². The largest absolute Gasteiger partial charge is 0.481 e. The van der Waals surface area contributed by atoms with Crippen molar-refractivity contribution in [2.24, 2.45) is 0 Å². The molecule has 2 N–H and O–H groups in total. The van der Waals surface area contributed by atoms with Gasteiger partial charge in [-0.05, 0) is 31.2 Å². The first-order chi connectivity index (χ1) is 9.13. The fraction of sp³-hybridized carbons (Fsp3) is 0.286. The lowest BCUT2D eigenvalue weighted by atomic mass is 10.3. The molecular formula is C14H16N2O2S. The molecule has 0 saturated heterocycles. The third-order valence-corrected chi connectivity index (χ3v) is 3.68. The SMILES string of the molecule is Cc1cccc(CNCc2ccc(CC(=O)O)s2)n1. The van der Waals surface area contributed by atoms with E-state index in [0.29, 0.717) is 6.54 Å². The second kappa shape index (κ2) is 6.45. The van der Waals surface area contributed by atoms with Crippen molar-refractivity contribution >= 4 is 17.3 Å². The van der Waals surface area contributed by atoms with Crippen LogP contribution < -0.4 is 5.32 Å². The predicted molar refractivity (Wildman–Crippen MR) is 75.2 cm³/mol. The second-order valence-corrected chi connectivity index (χ2v) is 5.57. The van der Waals surface area contributed by atoms with E-state index in [4.69, 9.17) is 5.11 Å². The molecule has 5 heteroatoms. The van der Waals surface area contributed by atoms with Gasteiger partial charge in [0.1, 0.15) is 0 Å². The molecule has 2 heterocycles. The lowest BCUT2D eigenvalue weighted by molar-refractivity contribution is -0.136. The van der Waals surface area contributed by atoms with Gasteiger partial charge in [0.2, 0.25) is 0 Å². The number of thiophene rings is 1. The number of carboxylic acid groups (broad SMARTS) is 1. The summed E-state index contributed by atoms with van der Waals surface area (Å²) in [6.07, 6.45) is 0.101. The van der Waals surface area contributed by atoms with Gasteiger partial charge in [-0.25, -0.2) is 0 Å². The number of rotatable bonds is 6. The van der Waals surface area contributed by atoms with Crippen molar-refractivity contribution in [1.29, 1.82) is 0 Å². The number of carboxylic acids is 1. The number of nitrogens with one attached hydrogen (secondary N) is 1. The van der Waals surface area contributed by atoms with Crippen molar-refractivity contribution < 1.29 is 9.90 Å². The maximum atomic E-state index is 10.6. The summed E-state index contributed by atoms with van der Waals surface area (Å²) in [7, 11) is 0. The first-order valence-electron chi connectivity index (χ1n) is 6.06. The zero-order valence-corrected chi connectivity index (χ0v) is 11.5. The van der Waals surface area contributed by atoms with Gasteiger partial charge in [-0.15, -0.1) is 11.3 Å². The summed E-state index contributed by atoms with van der Waals surface area (Å²) in [5.41, 5.74) is 2.03. The predicted octanol–water partition coefficient (Wildman–Crippen LogP) is 2.37. The van der Waals surface area contributed by atoms with Gasteiger partial charge in [0, 0.05) is 28.5 Å².